The first-order chi connectivity index (χ1) is 10.0. The van der Waals surface area contributed by atoms with Gasteiger partial charge in [0.1, 0.15) is 6.54 Å². The average molecular weight is 336 g/mol. The molecule has 0 radical (unpaired) electrons. The van der Waals surface area contributed by atoms with Gasteiger partial charge in [-0.25, -0.2) is 21.9 Å². The van der Waals surface area contributed by atoms with Crippen molar-refractivity contribution in [3.63, 3.8) is 0 Å². The molecule has 3 N–H and O–H groups in total. The van der Waals surface area contributed by atoms with Gasteiger partial charge < -0.3 is 10.4 Å². The lowest BCUT2D eigenvalue weighted by molar-refractivity contribution is -0.135. The fourth-order valence-electron chi connectivity index (χ4n) is 1.35. The molecule has 0 aliphatic rings. The van der Waals surface area contributed by atoms with Gasteiger partial charge in [0.05, 0.1) is 11.4 Å². The Morgan fingerprint density at radius 3 is 2.23 bits per heavy atom. The molecule has 0 fully saturated rings. The molecular formula is C12H14F2N2O5S. The molecule has 0 saturated heterocycles. The van der Waals surface area contributed by atoms with Gasteiger partial charge in [-0.05, 0) is 24.3 Å². The van der Waals surface area contributed by atoms with Crippen LogP contribution in [0, 0.1) is 0 Å². The van der Waals surface area contributed by atoms with Gasteiger partial charge >= 0.3 is 5.97 Å². The summed E-state index contributed by atoms with van der Waals surface area (Å²) in [6.07, 6.45) is 0. The minimum absolute atomic E-state index is 0.0426. The summed E-state index contributed by atoms with van der Waals surface area (Å²) in [6, 6.07) is 4.42. The van der Waals surface area contributed by atoms with E-state index >= 15 is 0 Å². The number of hydrogen-bond donors (Lipinski definition) is 3. The highest BCUT2D eigenvalue weighted by atomic mass is 32.2. The summed E-state index contributed by atoms with van der Waals surface area (Å²) in [5.41, 5.74) is 0.0426. The maximum Gasteiger partial charge on any atom is 0.322 e. The van der Waals surface area contributed by atoms with E-state index in [0.29, 0.717) is 6.92 Å². The first kappa shape index (κ1) is 18.0. The molecule has 1 aromatic rings. The fourth-order valence-corrected chi connectivity index (χ4v) is 2.45. The van der Waals surface area contributed by atoms with Crippen LogP contribution in [0.1, 0.15) is 17.3 Å². The van der Waals surface area contributed by atoms with E-state index in [9.17, 15) is 26.8 Å². The van der Waals surface area contributed by atoms with E-state index in [-0.39, 0.29) is 10.5 Å². The van der Waals surface area contributed by atoms with Crippen molar-refractivity contribution in [1.29, 1.82) is 0 Å². The minimum atomic E-state index is -4.12. The molecule has 0 aromatic heterocycles. The molecule has 0 heterocycles. The van der Waals surface area contributed by atoms with Crippen LogP contribution in [-0.2, 0) is 14.8 Å². The summed E-state index contributed by atoms with van der Waals surface area (Å²) < 4.78 is 50.6. The Bertz CT molecular complexity index is 653. The lowest BCUT2D eigenvalue weighted by Crippen LogP contribution is -2.34. The van der Waals surface area contributed by atoms with Gasteiger partial charge in [0.15, 0.2) is 0 Å². The number of carbonyl (C=O) groups excluding carboxylic acids is 1. The lowest BCUT2D eigenvalue weighted by atomic mass is 10.2. The van der Waals surface area contributed by atoms with E-state index in [2.05, 4.69) is 5.32 Å². The Labute approximate surface area is 125 Å². The van der Waals surface area contributed by atoms with Crippen molar-refractivity contribution in [2.45, 2.75) is 17.7 Å². The van der Waals surface area contributed by atoms with E-state index in [1.165, 1.54) is 0 Å². The predicted octanol–water partition coefficient (Wildman–Crippen LogP) is 0.434. The number of benzene rings is 1. The van der Waals surface area contributed by atoms with Crippen LogP contribution >= 0.6 is 0 Å². The molecule has 0 aliphatic heterocycles. The molecule has 1 rings (SSSR count). The second kappa shape index (κ2) is 6.79. The third-order valence-corrected chi connectivity index (χ3v) is 3.82. The van der Waals surface area contributed by atoms with Gasteiger partial charge in [0, 0.05) is 12.5 Å². The van der Waals surface area contributed by atoms with Crippen molar-refractivity contribution in [1.82, 2.24) is 10.0 Å². The molecule has 0 unspecified atom stereocenters. The molecule has 122 valence electrons. The van der Waals surface area contributed by atoms with Gasteiger partial charge in [0.2, 0.25) is 10.0 Å². The largest absolute Gasteiger partial charge is 0.480 e. The zero-order valence-electron chi connectivity index (χ0n) is 11.5. The molecule has 1 amide bonds. The highest BCUT2D eigenvalue weighted by molar-refractivity contribution is 7.89. The monoisotopic (exact) mass is 336 g/mol. The van der Waals surface area contributed by atoms with Crippen molar-refractivity contribution in [3.8, 4) is 0 Å². The molecule has 0 atom stereocenters. The molecule has 0 bridgehead atoms. The van der Waals surface area contributed by atoms with Crippen LogP contribution < -0.4 is 10.0 Å². The number of rotatable bonds is 7. The van der Waals surface area contributed by atoms with Crippen molar-refractivity contribution in [2.24, 2.45) is 0 Å². The molecular weight excluding hydrogens is 322 g/mol. The van der Waals surface area contributed by atoms with E-state index in [0.717, 1.165) is 24.3 Å². The van der Waals surface area contributed by atoms with E-state index < -0.39 is 40.9 Å². The van der Waals surface area contributed by atoms with Crippen LogP contribution in [0.5, 0.6) is 0 Å². The number of aliphatic carboxylic acids is 1. The second-order valence-corrected chi connectivity index (χ2v) is 6.26. The first-order valence-corrected chi connectivity index (χ1v) is 7.47. The van der Waals surface area contributed by atoms with E-state index in [4.69, 9.17) is 5.11 Å². The normalized spacial score (nSPS) is 12.0. The standard InChI is InChI=1S/C12H14F2N2O5S/c1-12(13,14)7-16-22(20,21)9-4-2-8(3-5-9)11(19)15-6-10(17)18/h2-5,16H,6-7H2,1H3,(H,15,19)(H,17,18). The predicted molar refractivity (Wildman–Crippen MR) is 72.2 cm³/mol. The number of halogens is 2. The Balaban J connectivity index is 2.79. The lowest BCUT2D eigenvalue weighted by Gasteiger charge is -2.12. The number of hydrogen-bond acceptors (Lipinski definition) is 4. The first-order valence-electron chi connectivity index (χ1n) is 5.99. The topological polar surface area (TPSA) is 113 Å². The van der Waals surface area contributed by atoms with Gasteiger partial charge in [-0.2, -0.15) is 0 Å². The van der Waals surface area contributed by atoms with Crippen LogP contribution in [0.4, 0.5) is 8.78 Å². The van der Waals surface area contributed by atoms with Crippen molar-refractivity contribution in [3.05, 3.63) is 29.8 Å². The second-order valence-electron chi connectivity index (χ2n) is 4.50. The van der Waals surface area contributed by atoms with Crippen LogP contribution in [0.3, 0.4) is 0 Å². The summed E-state index contributed by atoms with van der Waals surface area (Å²) in [5, 5.41) is 10.5. The van der Waals surface area contributed by atoms with E-state index in [1.54, 1.807) is 4.72 Å². The zero-order chi connectivity index (χ0) is 17.0. The van der Waals surface area contributed by atoms with Crippen molar-refractivity contribution in [2.75, 3.05) is 13.1 Å². The number of nitrogens with one attached hydrogen (secondary N) is 2. The highest BCUT2D eigenvalue weighted by Gasteiger charge is 2.25. The Morgan fingerprint density at radius 1 is 1.23 bits per heavy atom. The van der Waals surface area contributed by atoms with Gasteiger partial charge in [-0.1, -0.05) is 0 Å². The number of alkyl halides is 2. The fraction of sp³-hybridized carbons (Fsp3) is 0.333. The number of carboxylic acids is 1. The van der Waals surface area contributed by atoms with Crippen molar-refractivity contribution >= 4 is 21.9 Å². The number of carboxylic acid groups (broad SMARTS) is 1. The Kier molecular flexibility index (Phi) is 5.55. The van der Waals surface area contributed by atoms with Crippen LogP contribution in [0.25, 0.3) is 0 Å². The maximum atomic E-state index is 12.7. The summed E-state index contributed by atoms with van der Waals surface area (Å²) in [6.45, 7) is -1.05. The third-order valence-electron chi connectivity index (χ3n) is 2.40. The van der Waals surface area contributed by atoms with Gasteiger partial charge in [-0.3, -0.25) is 9.59 Å². The molecule has 22 heavy (non-hydrogen) atoms. The zero-order valence-corrected chi connectivity index (χ0v) is 12.3. The number of carbonyl (C=O) groups is 2. The maximum absolute atomic E-state index is 12.7. The van der Waals surface area contributed by atoms with Crippen LogP contribution in [0.2, 0.25) is 0 Å². The number of sulfonamides is 1. The SMILES string of the molecule is CC(F)(F)CNS(=O)(=O)c1ccc(C(=O)NCC(=O)O)cc1. The Hall–Kier alpha value is -2.07. The molecule has 1 aromatic carbocycles. The quantitative estimate of drug-likeness (QED) is 0.668. The van der Waals surface area contributed by atoms with E-state index in [1.807, 2.05) is 0 Å². The molecule has 7 nitrogen and oxygen atoms in total. The minimum Gasteiger partial charge on any atom is -0.480 e. The summed E-state index contributed by atoms with van der Waals surface area (Å²) in [5.74, 6) is -5.11. The summed E-state index contributed by atoms with van der Waals surface area (Å²) in [4.78, 5) is 21.6. The smallest absolute Gasteiger partial charge is 0.322 e. The Morgan fingerprint density at radius 2 is 1.77 bits per heavy atom. The molecule has 0 spiro atoms. The average Bonchev–Trinajstić information content (AvgIpc) is 2.42. The molecule has 10 heteroatoms. The van der Waals surface area contributed by atoms with Crippen LogP contribution in [0.15, 0.2) is 29.2 Å². The molecule has 0 saturated carbocycles. The van der Waals surface area contributed by atoms with Gasteiger partial charge in [0.25, 0.3) is 11.8 Å². The molecule has 0 aliphatic carbocycles. The number of amides is 1. The van der Waals surface area contributed by atoms with Gasteiger partial charge in [-0.15, -0.1) is 0 Å². The van der Waals surface area contributed by atoms with Crippen LogP contribution in [-0.4, -0.2) is 44.4 Å². The van der Waals surface area contributed by atoms with Crippen molar-refractivity contribution < 1.29 is 31.9 Å². The highest BCUT2D eigenvalue weighted by Crippen LogP contribution is 2.14. The summed E-state index contributed by atoms with van der Waals surface area (Å²) >= 11 is 0. The third kappa shape index (κ3) is 5.74. The summed E-state index contributed by atoms with van der Waals surface area (Å²) in [7, 11) is -4.12.